The summed E-state index contributed by atoms with van der Waals surface area (Å²) in [5.74, 6) is 1.73. The molecule has 1 rings (SSSR count). The van der Waals surface area contributed by atoms with Gasteiger partial charge in [-0.3, -0.25) is 4.79 Å². The number of hydrogen-bond acceptors (Lipinski definition) is 2. The van der Waals surface area contributed by atoms with E-state index in [1.165, 1.54) is 12.8 Å². The third kappa shape index (κ3) is 1.81. The molecule has 0 aromatic heterocycles. The molecule has 1 aliphatic rings. The van der Waals surface area contributed by atoms with Gasteiger partial charge in [-0.2, -0.15) is 0 Å². The molecule has 2 nitrogen and oxygen atoms in total. The van der Waals surface area contributed by atoms with E-state index in [1.807, 2.05) is 0 Å². The Bertz CT molecular complexity index is 133. The van der Waals surface area contributed by atoms with Crippen LogP contribution in [-0.2, 0) is 4.79 Å². The molecule has 1 aliphatic carbocycles. The number of rotatable bonds is 4. The van der Waals surface area contributed by atoms with Gasteiger partial charge < -0.3 is 5.73 Å². The highest BCUT2D eigenvalue weighted by Crippen LogP contribution is 2.43. The van der Waals surface area contributed by atoms with Crippen molar-refractivity contribution in [2.75, 3.05) is 6.54 Å². The summed E-state index contributed by atoms with van der Waals surface area (Å²) in [5.41, 5.74) is 5.19. The minimum absolute atomic E-state index is 0.223. The highest BCUT2D eigenvalue weighted by Gasteiger charge is 2.35. The fraction of sp³-hybridized carbons (Fsp3) is 0.875. The van der Waals surface area contributed by atoms with E-state index in [4.69, 9.17) is 5.73 Å². The molecule has 58 valence electrons. The van der Waals surface area contributed by atoms with E-state index < -0.39 is 0 Å². The topological polar surface area (TPSA) is 43.1 Å². The molecule has 0 saturated heterocycles. The Labute approximate surface area is 61.8 Å². The van der Waals surface area contributed by atoms with Crippen molar-refractivity contribution in [2.45, 2.75) is 26.2 Å². The monoisotopic (exact) mass is 141 g/mol. The zero-order valence-corrected chi connectivity index (χ0v) is 6.47. The van der Waals surface area contributed by atoms with Crippen LogP contribution in [0.4, 0.5) is 0 Å². The van der Waals surface area contributed by atoms with Crippen molar-refractivity contribution in [3.8, 4) is 0 Å². The van der Waals surface area contributed by atoms with Gasteiger partial charge >= 0.3 is 0 Å². The van der Waals surface area contributed by atoms with Crippen LogP contribution in [0.5, 0.6) is 0 Å². The van der Waals surface area contributed by atoms with Gasteiger partial charge in [0.05, 0.1) is 6.54 Å². The molecule has 10 heavy (non-hydrogen) atoms. The largest absolute Gasteiger partial charge is 0.324 e. The second-order valence-corrected chi connectivity index (χ2v) is 3.11. The van der Waals surface area contributed by atoms with Gasteiger partial charge in [0.25, 0.3) is 0 Å². The van der Waals surface area contributed by atoms with E-state index in [2.05, 4.69) is 6.92 Å². The molecule has 0 bridgehead atoms. The minimum Gasteiger partial charge on any atom is -0.324 e. The summed E-state index contributed by atoms with van der Waals surface area (Å²) in [6, 6.07) is 0. The molecule has 0 amide bonds. The quantitative estimate of drug-likeness (QED) is 0.633. The van der Waals surface area contributed by atoms with Gasteiger partial charge in [0, 0.05) is 6.42 Å². The average molecular weight is 141 g/mol. The van der Waals surface area contributed by atoms with Crippen molar-refractivity contribution in [3.05, 3.63) is 0 Å². The van der Waals surface area contributed by atoms with Crippen molar-refractivity contribution < 1.29 is 4.79 Å². The molecule has 1 saturated carbocycles. The van der Waals surface area contributed by atoms with Crippen molar-refractivity contribution in [1.29, 1.82) is 0 Å². The SMILES string of the molecule is CCC1CC1CC(=O)CN. The van der Waals surface area contributed by atoms with Crippen LogP contribution in [0.1, 0.15) is 26.2 Å². The maximum atomic E-state index is 10.8. The highest BCUT2D eigenvalue weighted by atomic mass is 16.1. The Morgan fingerprint density at radius 2 is 2.30 bits per heavy atom. The molecule has 0 heterocycles. The van der Waals surface area contributed by atoms with Crippen molar-refractivity contribution >= 4 is 5.78 Å². The molecular weight excluding hydrogens is 126 g/mol. The van der Waals surface area contributed by atoms with Crippen molar-refractivity contribution in [1.82, 2.24) is 0 Å². The van der Waals surface area contributed by atoms with Crippen molar-refractivity contribution in [2.24, 2.45) is 17.6 Å². The minimum atomic E-state index is 0.223. The first-order valence-electron chi connectivity index (χ1n) is 3.99. The summed E-state index contributed by atoms with van der Waals surface area (Å²) in [6.45, 7) is 2.41. The Morgan fingerprint density at radius 1 is 1.60 bits per heavy atom. The van der Waals surface area contributed by atoms with E-state index in [0.29, 0.717) is 5.92 Å². The highest BCUT2D eigenvalue weighted by molar-refractivity contribution is 5.80. The van der Waals surface area contributed by atoms with Crippen LogP contribution in [-0.4, -0.2) is 12.3 Å². The lowest BCUT2D eigenvalue weighted by Crippen LogP contribution is -2.13. The third-order valence-corrected chi connectivity index (χ3v) is 2.31. The predicted molar refractivity (Wildman–Crippen MR) is 40.6 cm³/mol. The molecule has 0 aromatic carbocycles. The van der Waals surface area contributed by atoms with E-state index in [-0.39, 0.29) is 12.3 Å². The van der Waals surface area contributed by atoms with E-state index >= 15 is 0 Å². The first-order chi connectivity index (χ1) is 4.77. The molecule has 0 radical (unpaired) electrons. The van der Waals surface area contributed by atoms with Crippen LogP contribution in [0.3, 0.4) is 0 Å². The third-order valence-electron chi connectivity index (χ3n) is 2.31. The van der Waals surface area contributed by atoms with Gasteiger partial charge in [-0.05, 0) is 18.3 Å². The molecule has 0 aromatic rings. The second-order valence-electron chi connectivity index (χ2n) is 3.11. The molecule has 0 spiro atoms. The Morgan fingerprint density at radius 3 is 2.70 bits per heavy atom. The normalized spacial score (nSPS) is 30.2. The van der Waals surface area contributed by atoms with E-state index in [9.17, 15) is 4.79 Å². The van der Waals surface area contributed by atoms with Gasteiger partial charge in [-0.25, -0.2) is 0 Å². The fourth-order valence-electron chi connectivity index (χ4n) is 1.44. The number of ketones is 1. The van der Waals surface area contributed by atoms with Crippen LogP contribution in [0.2, 0.25) is 0 Å². The summed E-state index contributed by atoms with van der Waals surface area (Å²) < 4.78 is 0. The number of hydrogen-bond donors (Lipinski definition) is 1. The zero-order chi connectivity index (χ0) is 7.56. The molecule has 2 N–H and O–H groups in total. The summed E-state index contributed by atoms with van der Waals surface area (Å²) in [6.07, 6.45) is 3.21. The maximum Gasteiger partial charge on any atom is 0.146 e. The molecular formula is C8H15NO. The first-order valence-corrected chi connectivity index (χ1v) is 3.99. The number of Topliss-reactive ketones (excluding diaryl/α,β-unsaturated/α-hetero) is 1. The standard InChI is InChI=1S/C8H15NO/c1-2-6-3-7(6)4-8(10)5-9/h6-7H,2-5,9H2,1H3. The summed E-state index contributed by atoms with van der Waals surface area (Å²) in [5, 5.41) is 0. The molecule has 2 heteroatoms. The number of carbonyl (C=O) groups excluding carboxylic acids is 1. The lowest BCUT2D eigenvalue weighted by atomic mass is 10.1. The van der Waals surface area contributed by atoms with Gasteiger partial charge in [0.15, 0.2) is 0 Å². The number of carbonyl (C=O) groups is 1. The molecule has 2 unspecified atom stereocenters. The van der Waals surface area contributed by atoms with Crippen LogP contribution in [0.25, 0.3) is 0 Å². The Balaban J connectivity index is 2.11. The van der Waals surface area contributed by atoms with Gasteiger partial charge in [-0.15, -0.1) is 0 Å². The average Bonchev–Trinajstić information content (AvgIpc) is 2.67. The lowest BCUT2D eigenvalue weighted by Gasteiger charge is -1.93. The Hall–Kier alpha value is -0.370. The summed E-state index contributed by atoms with van der Waals surface area (Å²) in [7, 11) is 0. The van der Waals surface area contributed by atoms with Gasteiger partial charge in [0.2, 0.25) is 0 Å². The molecule has 1 fully saturated rings. The van der Waals surface area contributed by atoms with Crippen LogP contribution in [0, 0.1) is 11.8 Å². The summed E-state index contributed by atoms with van der Waals surface area (Å²) in [4.78, 5) is 10.8. The molecule has 2 atom stereocenters. The zero-order valence-electron chi connectivity index (χ0n) is 6.47. The van der Waals surface area contributed by atoms with Crippen LogP contribution in [0.15, 0.2) is 0 Å². The van der Waals surface area contributed by atoms with Gasteiger partial charge in [-0.1, -0.05) is 13.3 Å². The predicted octanol–water partition coefficient (Wildman–Crippen LogP) is 0.950. The molecule has 0 aliphatic heterocycles. The summed E-state index contributed by atoms with van der Waals surface area (Å²) >= 11 is 0. The smallest absolute Gasteiger partial charge is 0.146 e. The van der Waals surface area contributed by atoms with Crippen LogP contribution >= 0.6 is 0 Å². The maximum absolute atomic E-state index is 10.8. The number of nitrogens with two attached hydrogens (primary N) is 1. The lowest BCUT2D eigenvalue weighted by molar-refractivity contribution is -0.118. The van der Waals surface area contributed by atoms with E-state index in [1.54, 1.807) is 0 Å². The Kier molecular flexibility index (Phi) is 2.44. The first kappa shape index (κ1) is 7.73. The van der Waals surface area contributed by atoms with Crippen molar-refractivity contribution in [3.63, 3.8) is 0 Å². The second kappa shape index (κ2) is 3.15. The van der Waals surface area contributed by atoms with Crippen LogP contribution < -0.4 is 5.73 Å². The fourth-order valence-corrected chi connectivity index (χ4v) is 1.44. The van der Waals surface area contributed by atoms with E-state index in [0.717, 1.165) is 12.3 Å². The van der Waals surface area contributed by atoms with Gasteiger partial charge in [0.1, 0.15) is 5.78 Å².